The van der Waals surface area contributed by atoms with Crippen LogP contribution in [-0.4, -0.2) is 33.8 Å². The number of carbonyl (C=O) groups excluding carboxylic acids is 2. The van der Waals surface area contributed by atoms with Crippen molar-refractivity contribution in [2.75, 3.05) is 12.0 Å². The summed E-state index contributed by atoms with van der Waals surface area (Å²) >= 11 is 1.29. The first kappa shape index (κ1) is 22.2. The zero-order chi connectivity index (χ0) is 23.4. The van der Waals surface area contributed by atoms with Crippen molar-refractivity contribution >= 4 is 34.0 Å². The van der Waals surface area contributed by atoms with E-state index in [4.69, 9.17) is 9.47 Å². The number of methoxy groups -OCH3 is 1. The van der Waals surface area contributed by atoms with Crippen molar-refractivity contribution in [1.82, 2.24) is 14.8 Å². The average Bonchev–Trinajstić information content (AvgIpc) is 3.47. The van der Waals surface area contributed by atoms with E-state index in [-0.39, 0.29) is 12.5 Å². The van der Waals surface area contributed by atoms with Crippen molar-refractivity contribution < 1.29 is 19.1 Å². The molecule has 0 saturated heterocycles. The summed E-state index contributed by atoms with van der Waals surface area (Å²) < 4.78 is 12.6. The Morgan fingerprint density at radius 3 is 2.52 bits per heavy atom. The van der Waals surface area contributed by atoms with Gasteiger partial charge in [-0.05, 0) is 49.4 Å². The molecule has 8 nitrogen and oxygen atoms in total. The maximum atomic E-state index is 12.5. The van der Waals surface area contributed by atoms with Crippen molar-refractivity contribution in [3.63, 3.8) is 0 Å². The molecule has 2 aromatic heterocycles. The Bertz CT molecular complexity index is 1280. The van der Waals surface area contributed by atoms with Crippen LogP contribution in [0.1, 0.15) is 28.7 Å². The molecule has 0 unspecified atom stereocenters. The largest absolute Gasteiger partial charge is 0.495 e. The van der Waals surface area contributed by atoms with Gasteiger partial charge >= 0.3 is 5.97 Å². The van der Waals surface area contributed by atoms with Gasteiger partial charge in [-0.15, -0.1) is 11.3 Å². The number of aryl methyl sites for hydroxylation is 1. The smallest absolute Gasteiger partial charge is 0.338 e. The molecular weight excluding hydrogens is 440 g/mol. The lowest BCUT2D eigenvalue weighted by Crippen LogP contribution is -2.23. The molecule has 0 aliphatic rings. The topological polar surface area (TPSA) is 86.5 Å². The fraction of sp³-hybridized carbons (Fsp3) is 0.167. The molecule has 4 rings (SSSR count). The third kappa shape index (κ3) is 4.78. The highest BCUT2D eigenvalue weighted by atomic mass is 32.1. The monoisotopic (exact) mass is 462 g/mol. The van der Waals surface area contributed by atoms with Gasteiger partial charge in [-0.3, -0.25) is 9.69 Å². The van der Waals surface area contributed by atoms with Gasteiger partial charge in [-0.2, -0.15) is 5.10 Å². The normalized spacial score (nSPS) is 10.6. The van der Waals surface area contributed by atoms with Gasteiger partial charge < -0.3 is 9.47 Å². The van der Waals surface area contributed by atoms with E-state index in [2.05, 4.69) is 10.1 Å². The minimum absolute atomic E-state index is 0.00693. The summed E-state index contributed by atoms with van der Waals surface area (Å²) in [4.78, 5) is 30.8. The van der Waals surface area contributed by atoms with Gasteiger partial charge in [0.05, 0.1) is 29.7 Å². The van der Waals surface area contributed by atoms with Crippen molar-refractivity contribution in [1.29, 1.82) is 0 Å². The van der Waals surface area contributed by atoms with E-state index in [9.17, 15) is 9.59 Å². The van der Waals surface area contributed by atoms with Crippen LogP contribution in [0.15, 0.2) is 66.2 Å². The van der Waals surface area contributed by atoms with Gasteiger partial charge in [-0.25, -0.2) is 14.5 Å². The molecule has 0 N–H and O–H groups in total. The first-order valence-corrected chi connectivity index (χ1v) is 11.0. The number of rotatable bonds is 7. The van der Waals surface area contributed by atoms with E-state index in [0.29, 0.717) is 27.8 Å². The highest BCUT2D eigenvalue weighted by Gasteiger charge is 2.21. The van der Waals surface area contributed by atoms with E-state index in [1.807, 2.05) is 37.3 Å². The molecule has 4 aromatic rings. The number of benzene rings is 2. The number of amides is 1. The van der Waals surface area contributed by atoms with E-state index < -0.39 is 5.97 Å². The first-order chi connectivity index (χ1) is 16.0. The number of aromatic nitrogens is 3. The van der Waals surface area contributed by atoms with Crippen molar-refractivity contribution in [2.45, 2.75) is 20.5 Å². The first-order valence-electron chi connectivity index (χ1n) is 10.1. The number of carbonyl (C=O) groups is 2. The Hall–Kier alpha value is -3.98. The molecule has 1 amide bonds. The van der Waals surface area contributed by atoms with Gasteiger partial charge in [0.15, 0.2) is 5.13 Å². The molecule has 0 radical (unpaired) electrons. The Labute approximate surface area is 195 Å². The Kier molecular flexibility index (Phi) is 6.50. The van der Waals surface area contributed by atoms with Crippen LogP contribution < -0.4 is 9.64 Å². The Morgan fingerprint density at radius 2 is 1.85 bits per heavy atom. The zero-order valence-electron chi connectivity index (χ0n) is 18.4. The van der Waals surface area contributed by atoms with E-state index in [0.717, 1.165) is 11.4 Å². The predicted molar refractivity (Wildman–Crippen MR) is 125 cm³/mol. The third-order valence-electron chi connectivity index (χ3n) is 4.90. The molecule has 0 saturated carbocycles. The molecule has 0 atom stereocenters. The zero-order valence-corrected chi connectivity index (χ0v) is 19.2. The highest BCUT2D eigenvalue weighted by molar-refractivity contribution is 7.14. The third-order valence-corrected chi connectivity index (χ3v) is 5.78. The van der Waals surface area contributed by atoms with Crippen molar-refractivity contribution in [3.05, 3.63) is 83.1 Å². The van der Waals surface area contributed by atoms with E-state index in [1.54, 1.807) is 47.6 Å². The maximum absolute atomic E-state index is 12.5. The van der Waals surface area contributed by atoms with Crippen molar-refractivity contribution in [3.8, 4) is 11.4 Å². The van der Waals surface area contributed by atoms with Crippen LogP contribution in [0.4, 0.5) is 10.8 Å². The van der Waals surface area contributed by atoms with Crippen LogP contribution in [0.5, 0.6) is 5.75 Å². The molecular formula is C24H22N4O4S. The SMILES string of the molecule is COc1ccccc1N(C(C)=O)c1nc(COC(=O)c2ccc(-n3nccc3C)cc2)cs1. The molecule has 2 aromatic carbocycles. The Balaban J connectivity index is 1.44. The fourth-order valence-corrected chi connectivity index (χ4v) is 4.15. The van der Waals surface area contributed by atoms with Gasteiger partial charge in [0.2, 0.25) is 5.91 Å². The summed E-state index contributed by atoms with van der Waals surface area (Å²) in [5.41, 5.74) is 3.43. The second-order valence-electron chi connectivity index (χ2n) is 7.16. The Morgan fingerprint density at radius 1 is 1.09 bits per heavy atom. The summed E-state index contributed by atoms with van der Waals surface area (Å²) in [6.45, 7) is 3.41. The number of anilines is 2. The van der Waals surface area contributed by atoms with Gasteiger partial charge in [0, 0.05) is 24.2 Å². The number of thiazole rings is 1. The van der Waals surface area contributed by atoms with E-state index >= 15 is 0 Å². The lowest BCUT2D eigenvalue weighted by atomic mass is 10.2. The average molecular weight is 463 g/mol. The molecule has 0 fully saturated rings. The minimum atomic E-state index is -0.457. The number of esters is 1. The second kappa shape index (κ2) is 9.66. The van der Waals surface area contributed by atoms with Crippen LogP contribution in [-0.2, 0) is 16.1 Å². The molecule has 168 valence electrons. The summed E-state index contributed by atoms with van der Waals surface area (Å²) in [7, 11) is 1.55. The molecule has 2 heterocycles. The van der Waals surface area contributed by atoms with E-state index in [1.165, 1.54) is 23.2 Å². The molecule has 0 spiro atoms. The van der Waals surface area contributed by atoms with Gasteiger partial charge in [-0.1, -0.05) is 12.1 Å². The van der Waals surface area contributed by atoms with Crippen LogP contribution in [0.25, 0.3) is 5.69 Å². The molecule has 0 aliphatic carbocycles. The number of hydrogen-bond acceptors (Lipinski definition) is 7. The van der Waals surface area contributed by atoms with Crippen LogP contribution in [0.2, 0.25) is 0 Å². The standard InChI is InChI=1S/C24H22N4O4S/c1-16-12-13-25-28(16)20-10-8-18(9-11-20)23(30)32-14-19-15-33-24(26-19)27(17(2)29)21-6-4-5-7-22(21)31-3/h4-13,15H,14H2,1-3H3. The molecule has 33 heavy (non-hydrogen) atoms. The molecule has 9 heteroatoms. The van der Waals surface area contributed by atoms with Crippen LogP contribution >= 0.6 is 11.3 Å². The maximum Gasteiger partial charge on any atom is 0.338 e. The fourth-order valence-electron chi connectivity index (χ4n) is 3.29. The lowest BCUT2D eigenvalue weighted by molar-refractivity contribution is -0.115. The highest BCUT2D eigenvalue weighted by Crippen LogP contribution is 2.35. The second-order valence-corrected chi connectivity index (χ2v) is 7.99. The predicted octanol–water partition coefficient (Wildman–Crippen LogP) is 4.69. The van der Waals surface area contributed by atoms with Crippen LogP contribution in [0, 0.1) is 6.92 Å². The summed E-state index contributed by atoms with van der Waals surface area (Å²) in [6.07, 6.45) is 1.72. The number of ether oxygens (including phenoxy) is 2. The number of hydrogen-bond donors (Lipinski definition) is 0. The summed E-state index contributed by atoms with van der Waals surface area (Å²) in [6, 6.07) is 16.2. The molecule has 0 aliphatic heterocycles. The summed E-state index contributed by atoms with van der Waals surface area (Å²) in [5, 5.41) is 6.49. The quantitative estimate of drug-likeness (QED) is 0.371. The summed E-state index contributed by atoms with van der Waals surface area (Å²) in [5.74, 6) is -0.101. The molecule has 0 bridgehead atoms. The number of para-hydroxylation sites is 2. The number of nitrogens with zero attached hydrogens (tertiary/aromatic N) is 4. The van der Waals surface area contributed by atoms with Crippen LogP contribution in [0.3, 0.4) is 0 Å². The van der Waals surface area contributed by atoms with Gasteiger partial charge in [0.25, 0.3) is 0 Å². The minimum Gasteiger partial charge on any atom is -0.495 e. The van der Waals surface area contributed by atoms with Gasteiger partial charge in [0.1, 0.15) is 12.4 Å². The van der Waals surface area contributed by atoms with Crippen molar-refractivity contribution in [2.24, 2.45) is 0 Å². The lowest BCUT2D eigenvalue weighted by Gasteiger charge is -2.20.